The van der Waals surface area contributed by atoms with Crippen LogP contribution in [-0.2, 0) is 0 Å². The number of H-pyrrole nitrogens is 1. The highest BCUT2D eigenvalue weighted by atomic mass is 32.1. The van der Waals surface area contributed by atoms with Crippen molar-refractivity contribution in [3.8, 4) is 0 Å². The molecule has 1 N–H and O–H groups in total. The second-order valence-electron chi connectivity index (χ2n) is 6.44. The van der Waals surface area contributed by atoms with Crippen LogP contribution in [0.4, 0.5) is 0 Å². The zero-order valence-electron chi connectivity index (χ0n) is 11.4. The molecule has 0 atom stereocenters. The van der Waals surface area contributed by atoms with Crippen molar-refractivity contribution < 1.29 is 0 Å². The van der Waals surface area contributed by atoms with Crippen molar-refractivity contribution >= 4 is 12.2 Å². The lowest BCUT2D eigenvalue weighted by molar-refractivity contribution is 0.190. The van der Waals surface area contributed by atoms with Gasteiger partial charge < -0.3 is 9.55 Å². The second kappa shape index (κ2) is 4.60. The highest BCUT2D eigenvalue weighted by molar-refractivity contribution is 7.71. The quantitative estimate of drug-likeness (QED) is 0.749. The van der Waals surface area contributed by atoms with Gasteiger partial charge in [-0.1, -0.05) is 27.7 Å². The number of aromatic nitrogens is 2. The second-order valence-corrected chi connectivity index (χ2v) is 6.83. The van der Waals surface area contributed by atoms with E-state index < -0.39 is 0 Å². The monoisotopic (exact) mass is 252 g/mol. The number of imidazole rings is 1. The molecule has 0 spiro atoms. The Hall–Kier alpha value is -0.570. The van der Waals surface area contributed by atoms with Crippen molar-refractivity contribution in [2.75, 3.05) is 0 Å². The van der Waals surface area contributed by atoms with Crippen LogP contribution in [0.5, 0.6) is 0 Å². The summed E-state index contributed by atoms with van der Waals surface area (Å²) in [7, 11) is 0. The maximum atomic E-state index is 5.44. The molecule has 2 nitrogen and oxygen atoms in total. The fourth-order valence-corrected chi connectivity index (χ4v) is 3.17. The summed E-state index contributed by atoms with van der Waals surface area (Å²) in [5.41, 5.74) is 1.88. The van der Waals surface area contributed by atoms with E-state index in [1.54, 1.807) is 0 Å². The van der Waals surface area contributed by atoms with Gasteiger partial charge in [0.2, 0.25) is 0 Å². The Morgan fingerprint density at radius 1 is 1.35 bits per heavy atom. The smallest absolute Gasteiger partial charge is 0.177 e. The predicted octanol–water partition coefficient (Wildman–Crippen LogP) is 4.81. The van der Waals surface area contributed by atoms with Crippen LogP contribution < -0.4 is 0 Å². The summed E-state index contributed by atoms with van der Waals surface area (Å²) < 4.78 is 3.27. The minimum Gasteiger partial charge on any atom is -0.337 e. The minimum atomic E-state index is 0.521. The van der Waals surface area contributed by atoms with Crippen LogP contribution in [0.1, 0.15) is 71.0 Å². The van der Waals surface area contributed by atoms with Crippen LogP contribution >= 0.6 is 12.2 Å². The summed E-state index contributed by atoms with van der Waals surface area (Å²) in [5, 5.41) is 0. The molecule has 1 aromatic rings. The van der Waals surface area contributed by atoms with Crippen LogP contribution in [0.3, 0.4) is 0 Å². The lowest BCUT2D eigenvalue weighted by Gasteiger charge is -2.35. The zero-order valence-corrected chi connectivity index (χ0v) is 12.2. The molecule has 17 heavy (non-hydrogen) atoms. The third-order valence-corrected chi connectivity index (χ3v) is 4.42. The van der Waals surface area contributed by atoms with Crippen molar-refractivity contribution in [2.45, 2.75) is 65.3 Å². The van der Waals surface area contributed by atoms with Gasteiger partial charge in [-0.05, 0) is 49.2 Å². The van der Waals surface area contributed by atoms with E-state index in [-0.39, 0.29) is 0 Å². The van der Waals surface area contributed by atoms with Gasteiger partial charge in [0.05, 0.1) is 0 Å². The Balaban J connectivity index is 2.24. The number of hydrogen-bond donors (Lipinski definition) is 1. The average molecular weight is 252 g/mol. The number of hydrogen-bond acceptors (Lipinski definition) is 1. The minimum absolute atomic E-state index is 0.521. The van der Waals surface area contributed by atoms with Gasteiger partial charge in [-0.25, -0.2) is 0 Å². The van der Waals surface area contributed by atoms with Gasteiger partial charge in [-0.3, -0.25) is 0 Å². The van der Waals surface area contributed by atoms with E-state index in [1.807, 2.05) is 0 Å². The molecule has 1 aromatic heterocycles. The van der Waals surface area contributed by atoms with Gasteiger partial charge in [0, 0.05) is 17.9 Å². The number of rotatable bonds is 2. The highest BCUT2D eigenvalue weighted by Gasteiger charge is 2.29. The molecule has 0 unspecified atom stereocenters. The van der Waals surface area contributed by atoms with Gasteiger partial charge in [0.1, 0.15) is 0 Å². The van der Waals surface area contributed by atoms with E-state index in [9.17, 15) is 0 Å². The molecule has 2 rings (SSSR count). The highest BCUT2D eigenvalue weighted by Crippen LogP contribution is 2.41. The van der Waals surface area contributed by atoms with Crippen molar-refractivity contribution in [1.82, 2.24) is 9.55 Å². The molecular weight excluding hydrogens is 228 g/mol. The molecule has 0 aliphatic heterocycles. The van der Waals surface area contributed by atoms with Gasteiger partial charge in [-0.15, -0.1) is 0 Å². The molecule has 0 saturated heterocycles. The number of nitrogens with zero attached hydrogens (tertiary/aromatic N) is 1. The predicted molar refractivity (Wildman–Crippen MR) is 75.0 cm³/mol. The molecule has 1 saturated carbocycles. The number of nitrogens with one attached hydrogen (secondary N) is 1. The van der Waals surface area contributed by atoms with Gasteiger partial charge >= 0.3 is 0 Å². The summed E-state index contributed by atoms with van der Waals surface area (Å²) in [6.07, 6.45) is 7.23. The third kappa shape index (κ3) is 2.65. The molecule has 1 aliphatic carbocycles. The Kier molecular flexibility index (Phi) is 3.48. The largest absolute Gasteiger partial charge is 0.337 e. The van der Waals surface area contributed by atoms with Crippen LogP contribution in [0.2, 0.25) is 0 Å². The lowest BCUT2D eigenvalue weighted by Crippen LogP contribution is -2.24. The molecule has 1 heterocycles. The maximum absolute atomic E-state index is 5.44. The molecule has 0 aromatic carbocycles. The molecule has 1 fully saturated rings. The van der Waals surface area contributed by atoms with Crippen molar-refractivity contribution in [1.29, 1.82) is 0 Å². The van der Waals surface area contributed by atoms with Crippen LogP contribution in [-0.4, -0.2) is 9.55 Å². The Morgan fingerprint density at radius 2 is 1.94 bits per heavy atom. The molecule has 0 bridgehead atoms. The van der Waals surface area contributed by atoms with E-state index in [4.69, 9.17) is 12.2 Å². The average Bonchev–Trinajstić information content (AvgIpc) is 2.61. The van der Waals surface area contributed by atoms with Gasteiger partial charge in [-0.2, -0.15) is 0 Å². The molecule has 3 heteroatoms. The van der Waals surface area contributed by atoms with Crippen molar-refractivity contribution in [3.63, 3.8) is 0 Å². The summed E-state index contributed by atoms with van der Waals surface area (Å²) in [5.74, 6) is 0.540. The topological polar surface area (TPSA) is 20.7 Å². The maximum Gasteiger partial charge on any atom is 0.177 e. The Labute approximate surface area is 109 Å². The summed E-state index contributed by atoms with van der Waals surface area (Å²) >= 11 is 5.44. The van der Waals surface area contributed by atoms with E-state index in [0.717, 1.165) is 4.77 Å². The van der Waals surface area contributed by atoms with Crippen molar-refractivity contribution in [2.24, 2.45) is 5.41 Å². The van der Waals surface area contributed by atoms with Crippen LogP contribution in [0, 0.1) is 10.2 Å². The van der Waals surface area contributed by atoms with Gasteiger partial charge in [0.15, 0.2) is 4.77 Å². The zero-order chi connectivity index (χ0) is 12.6. The van der Waals surface area contributed by atoms with Gasteiger partial charge in [0.25, 0.3) is 0 Å². The fraction of sp³-hybridized carbons (Fsp3) is 0.786. The first-order valence-electron chi connectivity index (χ1n) is 6.70. The third-order valence-electron chi connectivity index (χ3n) is 4.11. The first-order valence-corrected chi connectivity index (χ1v) is 7.11. The van der Waals surface area contributed by atoms with E-state index in [0.29, 0.717) is 17.4 Å². The molecule has 0 amide bonds. The first kappa shape index (κ1) is 12.9. The lowest BCUT2D eigenvalue weighted by atomic mass is 9.75. The summed E-state index contributed by atoms with van der Waals surface area (Å²) in [4.78, 5) is 3.21. The summed E-state index contributed by atoms with van der Waals surface area (Å²) in [6.45, 7) is 9.23. The SMILES string of the molecule is CC(C)c1c[nH]c(=S)n1C1CCC(C)(C)CC1. The summed E-state index contributed by atoms with van der Waals surface area (Å²) in [6, 6.07) is 0.610. The van der Waals surface area contributed by atoms with E-state index in [1.165, 1.54) is 31.4 Å². The molecule has 96 valence electrons. The van der Waals surface area contributed by atoms with E-state index in [2.05, 4.69) is 43.4 Å². The molecular formula is C14H24N2S. The van der Waals surface area contributed by atoms with E-state index >= 15 is 0 Å². The fourth-order valence-electron chi connectivity index (χ4n) is 2.86. The normalized spacial score (nSPS) is 21.0. The van der Waals surface area contributed by atoms with Crippen molar-refractivity contribution in [3.05, 3.63) is 16.7 Å². The number of aromatic amines is 1. The van der Waals surface area contributed by atoms with Crippen LogP contribution in [0.15, 0.2) is 6.20 Å². The van der Waals surface area contributed by atoms with Crippen LogP contribution in [0.25, 0.3) is 0 Å². The molecule has 0 radical (unpaired) electrons. The first-order chi connectivity index (χ1) is 7.91. The Morgan fingerprint density at radius 3 is 2.47 bits per heavy atom. The Bertz CT molecular complexity index is 429. The standard InChI is InChI=1S/C14H24N2S/c1-10(2)12-9-15-13(17)16(12)11-5-7-14(3,4)8-6-11/h9-11H,5-8H2,1-4H3,(H,15,17). The molecule has 1 aliphatic rings.